The Morgan fingerprint density at radius 2 is 2.08 bits per heavy atom. The maximum atomic E-state index is 9.57. The number of aliphatic hydroxyl groups excluding tert-OH is 1. The van der Waals surface area contributed by atoms with E-state index in [0.29, 0.717) is 5.75 Å². The lowest BCUT2D eigenvalue weighted by atomic mass is 9.85. The topological polar surface area (TPSA) is 49.7 Å². The van der Waals surface area contributed by atoms with Crippen LogP contribution in [-0.2, 0) is 5.41 Å². The highest BCUT2D eigenvalue weighted by Gasteiger charge is 2.40. The molecule has 0 fully saturated rings. The summed E-state index contributed by atoms with van der Waals surface area (Å²) in [5, 5.41) is 18.8. The average Bonchev–Trinajstić information content (AvgIpc) is 2.27. The molecule has 0 aliphatic carbocycles. The van der Waals surface area contributed by atoms with Crippen molar-refractivity contribution in [1.82, 2.24) is 0 Å². The highest BCUT2D eigenvalue weighted by molar-refractivity contribution is 5.47. The summed E-state index contributed by atoms with van der Waals surface area (Å²) in [7, 11) is 0. The van der Waals surface area contributed by atoms with Crippen LogP contribution in [0.3, 0.4) is 0 Å². The van der Waals surface area contributed by atoms with Crippen LogP contribution in [0.15, 0.2) is 18.2 Å². The molecule has 13 heavy (non-hydrogen) atoms. The molecule has 1 heterocycles. The van der Waals surface area contributed by atoms with Crippen LogP contribution in [0.4, 0.5) is 0 Å². The van der Waals surface area contributed by atoms with Crippen molar-refractivity contribution in [3.63, 3.8) is 0 Å². The van der Waals surface area contributed by atoms with Gasteiger partial charge in [-0.15, -0.1) is 0 Å². The Kier molecular flexibility index (Phi) is 1.54. The first-order valence-corrected chi connectivity index (χ1v) is 4.20. The quantitative estimate of drug-likeness (QED) is 0.634. The van der Waals surface area contributed by atoms with Gasteiger partial charge in [0.15, 0.2) is 0 Å². The minimum Gasteiger partial charge on any atom is -0.508 e. The summed E-state index contributed by atoms with van der Waals surface area (Å²) < 4.78 is 5.22. The molecule has 1 atom stereocenters. The highest BCUT2D eigenvalue weighted by atomic mass is 16.6. The zero-order valence-corrected chi connectivity index (χ0v) is 7.61. The Hall–Kier alpha value is -1.22. The lowest BCUT2D eigenvalue weighted by Gasteiger charge is -2.20. The van der Waals surface area contributed by atoms with Gasteiger partial charge in [0.25, 0.3) is 0 Å². The molecule has 0 spiro atoms. The lowest BCUT2D eigenvalue weighted by Crippen LogP contribution is -2.31. The number of ether oxygens (including phenoxy) is 1. The molecule has 1 aliphatic rings. The summed E-state index contributed by atoms with van der Waals surface area (Å²) in [5.74, 6) is 0.847. The van der Waals surface area contributed by atoms with Crippen molar-refractivity contribution >= 4 is 0 Å². The smallest absolute Gasteiger partial charge is 0.206 e. The van der Waals surface area contributed by atoms with E-state index in [2.05, 4.69) is 0 Å². The number of aromatic hydroxyl groups is 1. The van der Waals surface area contributed by atoms with E-state index in [-0.39, 0.29) is 5.75 Å². The second-order valence-electron chi connectivity index (χ2n) is 3.87. The fourth-order valence-corrected chi connectivity index (χ4v) is 1.52. The lowest BCUT2D eigenvalue weighted by molar-refractivity contribution is -0.0450. The summed E-state index contributed by atoms with van der Waals surface area (Å²) in [6.07, 6.45) is -0.829. The van der Waals surface area contributed by atoms with Gasteiger partial charge in [0.1, 0.15) is 11.5 Å². The normalized spacial score (nSPS) is 23.8. The Bertz CT molecular complexity index is 344. The van der Waals surface area contributed by atoms with Gasteiger partial charge in [-0.05, 0) is 32.0 Å². The van der Waals surface area contributed by atoms with Gasteiger partial charge in [0.2, 0.25) is 6.29 Å². The number of hydrogen-bond acceptors (Lipinski definition) is 3. The van der Waals surface area contributed by atoms with Gasteiger partial charge in [0, 0.05) is 5.56 Å². The standard InChI is InChI=1S/C10H12O3/c1-10(2)7-5-6(11)3-4-8(7)13-9(10)12/h3-5,9,11-12H,1-2H3. The highest BCUT2D eigenvalue weighted by Crippen LogP contribution is 2.42. The van der Waals surface area contributed by atoms with E-state index in [0.717, 1.165) is 5.56 Å². The van der Waals surface area contributed by atoms with Gasteiger partial charge in [-0.25, -0.2) is 0 Å². The summed E-state index contributed by atoms with van der Waals surface area (Å²) in [5.41, 5.74) is 0.397. The maximum absolute atomic E-state index is 9.57. The second-order valence-corrected chi connectivity index (χ2v) is 3.87. The van der Waals surface area contributed by atoms with E-state index in [1.54, 1.807) is 18.2 Å². The molecule has 3 heteroatoms. The SMILES string of the molecule is CC1(C)c2cc(O)ccc2OC1O. The minimum atomic E-state index is -0.829. The molecule has 0 saturated carbocycles. The molecule has 0 radical (unpaired) electrons. The van der Waals surface area contributed by atoms with Crippen LogP contribution in [0.5, 0.6) is 11.5 Å². The van der Waals surface area contributed by atoms with Crippen LogP contribution >= 0.6 is 0 Å². The van der Waals surface area contributed by atoms with Crippen LogP contribution in [0, 0.1) is 0 Å². The van der Waals surface area contributed by atoms with E-state index < -0.39 is 11.7 Å². The van der Waals surface area contributed by atoms with Gasteiger partial charge in [-0.1, -0.05) is 0 Å². The first kappa shape index (κ1) is 8.38. The number of rotatable bonds is 0. The van der Waals surface area contributed by atoms with E-state index in [4.69, 9.17) is 4.74 Å². The van der Waals surface area contributed by atoms with E-state index in [1.165, 1.54) is 0 Å². The molecule has 0 saturated heterocycles. The van der Waals surface area contributed by atoms with Crippen molar-refractivity contribution in [2.45, 2.75) is 25.6 Å². The van der Waals surface area contributed by atoms with Crippen molar-refractivity contribution in [2.24, 2.45) is 0 Å². The molecule has 3 nitrogen and oxygen atoms in total. The molecule has 0 amide bonds. The van der Waals surface area contributed by atoms with Crippen molar-refractivity contribution in [3.8, 4) is 11.5 Å². The largest absolute Gasteiger partial charge is 0.508 e. The number of aliphatic hydroxyl groups is 1. The molecule has 70 valence electrons. The summed E-state index contributed by atoms with van der Waals surface area (Å²) in [4.78, 5) is 0. The molecule has 2 rings (SSSR count). The molecule has 1 aliphatic heterocycles. The van der Waals surface area contributed by atoms with Crippen molar-refractivity contribution in [2.75, 3.05) is 0 Å². The molecule has 0 aromatic heterocycles. The predicted octanol–water partition coefficient (Wildman–Crippen LogP) is 1.38. The van der Waals surface area contributed by atoms with Gasteiger partial charge >= 0.3 is 0 Å². The molecule has 1 unspecified atom stereocenters. The Labute approximate surface area is 76.6 Å². The van der Waals surface area contributed by atoms with Gasteiger partial charge in [-0.2, -0.15) is 0 Å². The van der Waals surface area contributed by atoms with E-state index in [1.807, 2.05) is 13.8 Å². The second kappa shape index (κ2) is 2.39. The van der Waals surface area contributed by atoms with Crippen LogP contribution in [0.2, 0.25) is 0 Å². The summed E-state index contributed by atoms with van der Waals surface area (Å²) in [6.45, 7) is 3.76. The number of phenols is 1. The summed E-state index contributed by atoms with van der Waals surface area (Å²) in [6, 6.07) is 4.85. The van der Waals surface area contributed by atoms with Gasteiger partial charge in [-0.3, -0.25) is 0 Å². The fraction of sp³-hybridized carbons (Fsp3) is 0.400. The molecular formula is C10H12O3. The maximum Gasteiger partial charge on any atom is 0.206 e. The number of phenolic OH excluding ortho intramolecular Hbond substituents is 1. The molecular weight excluding hydrogens is 168 g/mol. The first-order chi connectivity index (χ1) is 6.01. The first-order valence-electron chi connectivity index (χ1n) is 4.20. The van der Waals surface area contributed by atoms with Crippen molar-refractivity contribution in [3.05, 3.63) is 23.8 Å². The van der Waals surface area contributed by atoms with E-state index in [9.17, 15) is 10.2 Å². The zero-order valence-electron chi connectivity index (χ0n) is 7.61. The third-order valence-corrected chi connectivity index (χ3v) is 2.51. The van der Waals surface area contributed by atoms with Crippen LogP contribution in [0.25, 0.3) is 0 Å². The van der Waals surface area contributed by atoms with Crippen molar-refractivity contribution in [1.29, 1.82) is 0 Å². The zero-order chi connectivity index (χ0) is 9.64. The number of hydrogen-bond donors (Lipinski definition) is 2. The average molecular weight is 180 g/mol. The van der Waals surface area contributed by atoms with Crippen molar-refractivity contribution < 1.29 is 14.9 Å². The van der Waals surface area contributed by atoms with Crippen LogP contribution in [0.1, 0.15) is 19.4 Å². The Morgan fingerprint density at radius 1 is 1.38 bits per heavy atom. The molecule has 0 bridgehead atoms. The third kappa shape index (κ3) is 1.08. The molecule has 1 aromatic carbocycles. The predicted molar refractivity (Wildman–Crippen MR) is 47.8 cm³/mol. The van der Waals surface area contributed by atoms with Crippen LogP contribution < -0.4 is 4.74 Å². The molecule has 2 N–H and O–H groups in total. The number of fused-ring (bicyclic) bond motifs is 1. The van der Waals surface area contributed by atoms with Gasteiger partial charge in [0.05, 0.1) is 5.41 Å². The van der Waals surface area contributed by atoms with Crippen LogP contribution in [-0.4, -0.2) is 16.5 Å². The minimum absolute atomic E-state index is 0.199. The fourth-order valence-electron chi connectivity index (χ4n) is 1.52. The van der Waals surface area contributed by atoms with E-state index >= 15 is 0 Å². The van der Waals surface area contributed by atoms with Gasteiger partial charge < -0.3 is 14.9 Å². The Morgan fingerprint density at radius 3 is 2.77 bits per heavy atom. The third-order valence-electron chi connectivity index (χ3n) is 2.51. The monoisotopic (exact) mass is 180 g/mol. The molecule has 1 aromatic rings. The summed E-state index contributed by atoms with van der Waals surface area (Å²) >= 11 is 0. The Balaban J connectivity index is 2.57. The number of benzene rings is 1.